The molecule has 0 aliphatic carbocycles. The topological polar surface area (TPSA) is 105 Å². The molecule has 0 saturated carbocycles. The number of hydrogen-bond donors (Lipinski definition) is 3. The molecule has 0 aromatic heterocycles. The molecule has 4 N–H and O–H groups in total. The van der Waals surface area contributed by atoms with Crippen LogP contribution in [0.5, 0.6) is 0 Å². The molecule has 3 amide bonds. The SMILES string of the molecule is Cl.Cl.NCCCNCC(=O)NCCCN1C(=O)c2cccc3cccc(c23)C1=O. The van der Waals surface area contributed by atoms with Crippen LogP contribution in [0.3, 0.4) is 0 Å². The molecule has 0 bridgehead atoms. The highest BCUT2D eigenvalue weighted by Gasteiger charge is 2.32. The van der Waals surface area contributed by atoms with Crippen LogP contribution in [0.4, 0.5) is 0 Å². The van der Waals surface area contributed by atoms with Crippen molar-refractivity contribution in [2.45, 2.75) is 12.8 Å². The van der Waals surface area contributed by atoms with Gasteiger partial charge in [-0.2, -0.15) is 0 Å². The Morgan fingerprint density at radius 3 is 2.14 bits per heavy atom. The van der Waals surface area contributed by atoms with E-state index in [-0.39, 0.29) is 55.6 Å². The lowest BCUT2D eigenvalue weighted by Crippen LogP contribution is -2.42. The zero-order valence-corrected chi connectivity index (χ0v) is 17.6. The Hall–Kier alpha value is -2.19. The molecule has 1 aliphatic rings. The van der Waals surface area contributed by atoms with Crippen LogP contribution in [-0.4, -0.2) is 55.3 Å². The van der Waals surface area contributed by atoms with Gasteiger partial charge in [-0.15, -0.1) is 24.8 Å². The Kier molecular flexibility index (Phi) is 10.0. The maximum atomic E-state index is 12.7. The molecule has 3 rings (SSSR count). The Bertz CT molecular complexity index is 825. The first kappa shape index (κ1) is 24.8. The highest BCUT2D eigenvalue weighted by Crippen LogP contribution is 2.29. The van der Waals surface area contributed by atoms with E-state index in [1.165, 1.54) is 4.90 Å². The summed E-state index contributed by atoms with van der Waals surface area (Å²) in [6.45, 7) is 2.19. The van der Waals surface area contributed by atoms with Crippen LogP contribution in [0, 0.1) is 0 Å². The molecule has 0 radical (unpaired) electrons. The molecule has 0 spiro atoms. The van der Waals surface area contributed by atoms with Crippen LogP contribution in [-0.2, 0) is 4.79 Å². The molecule has 9 heteroatoms. The third-order valence-corrected chi connectivity index (χ3v) is 4.58. The van der Waals surface area contributed by atoms with Crippen molar-refractivity contribution in [3.63, 3.8) is 0 Å². The van der Waals surface area contributed by atoms with Gasteiger partial charge in [-0.3, -0.25) is 19.3 Å². The van der Waals surface area contributed by atoms with Gasteiger partial charge in [0.05, 0.1) is 6.54 Å². The number of nitrogens with one attached hydrogen (secondary N) is 2. The highest BCUT2D eigenvalue weighted by atomic mass is 35.5. The number of benzene rings is 2. The van der Waals surface area contributed by atoms with E-state index in [4.69, 9.17) is 5.73 Å². The summed E-state index contributed by atoms with van der Waals surface area (Å²) in [4.78, 5) is 38.5. The Morgan fingerprint density at radius 2 is 1.55 bits per heavy atom. The number of hydrogen-bond acceptors (Lipinski definition) is 5. The molecule has 158 valence electrons. The summed E-state index contributed by atoms with van der Waals surface area (Å²) >= 11 is 0. The first-order valence-corrected chi connectivity index (χ1v) is 9.19. The van der Waals surface area contributed by atoms with E-state index < -0.39 is 0 Å². The molecule has 29 heavy (non-hydrogen) atoms. The Morgan fingerprint density at radius 1 is 0.931 bits per heavy atom. The van der Waals surface area contributed by atoms with E-state index in [1.54, 1.807) is 12.1 Å². The number of nitrogens with zero attached hydrogens (tertiary/aromatic N) is 1. The second kappa shape index (κ2) is 11.7. The average molecular weight is 441 g/mol. The van der Waals surface area contributed by atoms with E-state index in [9.17, 15) is 14.4 Å². The zero-order chi connectivity index (χ0) is 19.2. The van der Waals surface area contributed by atoms with E-state index in [1.807, 2.05) is 24.3 Å². The lowest BCUT2D eigenvalue weighted by molar-refractivity contribution is -0.120. The molecule has 1 aliphatic heterocycles. The average Bonchev–Trinajstić information content (AvgIpc) is 2.68. The first-order valence-electron chi connectivity index (χ1n) is 9.19. The zero-order valence-electron chi connectivity index (χ0n) is 16.0. The van der Waals surface area contributed by atoms with Crippen LogP contribution in [0.15, 0.2) is 36.4 Å². The number of amides is 3. The molecule has 0 atom stereocenters. The van der Waals surface area contributed by atoms with E-state index in [0.717, 1.165) is 17.2 Å². The van der Waals surface area contributed by atoms with Crippen molar-refractivity contribution in [2.75, 3.05) is 32.7 Å². The quantitative estimate of drug-likeness (QED) is 0.406. The standard InChI is InChI=1S/C20H24N4O3.2ClH/c21-9-3-10-22-13-17(25)23-11-4-12-24-19(26)15-7-1-5-14-6-2-8-16(18(14)15)20(24)27;;/h1-2,5-8,22H,3-4,9-13,21H2,(H,23,25);2*1H. The second-order valence-corrected chi connectivity index (χ2v) is 6.49. The summed E-state index contributed by atoms with van der Waals surface area (Å²) in [7, 11) is 0. The molecular formula is C20H26Cl2N4O3. The summed E-state index contributed by atoms with van der Waals surface area (Å²) in [6.07, 6.45) is 1.32. The third-order valence-electron chi connectivity index (χ3n) is 4.58. The van der Waals surface area contributed by atoms with E-state index in [2.05, 4.69) is 10.6 Å². The number of carbonyl (C=O) groups excluding carboxylic acids is 3. The van der Waals surface area contributed by atoms with Gasteiger partial charge in [0.2, 0.25) is 5.91 Å². The maximum Gasteiger partial charge on any atom is 0.261 e. The minimum atomic E-state index is -0.279. The van der Waals surface area contributed by atoms with Gasteiger partial charge >= 0.3 is 0 Å². The normalized spacial score (nSPS) is 12.4. The fourth-order valence-electron chi connectivity index (χ4n) is 3.24. The van der Waals surface area contributed by atoms with Crippen LogP contribution < -0.4 is 16.4 Å². The predicted octanol–water partition coefficient (Wildman–Crippen LogP) is 1.72. The van der Waals surface area contributed by atoms with Gasteiger partial charge in [0, 0.05) is 29.6 Å². The highest BCUT2D eigenvalue weighted by molar-refractivity contribution is 6.25. The molecule has 7 nitrogen and oxygen atoms in total. The van der Waals surface area contributed by atoms with Crippen LogP contribution >= 0.6 is 24.8 Å². The Labute approximate surface area is 182 Å². The van der Waals surface area contributed by atoms with Crippen molar-refractivity contribution < 1.29 is 14.4 Å². The van der Waals surface area contributed by atoms with Crippen LogP contribution in [0.1, 0.15) is 33.6 Å². The van der Waals surface area contributed by atoms with E-state index >= 15 is 0 Å². The molecule has 2 aromatic rings. The summed E-state index contributed by atoms with van der Waals surface area (Å²) < 4.78 is 0. The number of halogens is 2. The fraction of sp³-hybridized carbons (Fsp3) is 0.350. The number of carbonyl (C=O) groups is 3. The third kappa shape index (κ3) is 5.67. The number of rotatable bonds is 9. The summed E-state index contributed by atoms with van der Waals surface area (Å²) in [5.74, 6) is -0.670. The van der Waals surface area contributed by atoms with Crippen molar-refractivity contribution >= 4 is 53.3 Å². The maximum absolute atomic E-state index is 12.7. The molecule has 0 unspecified atom stereocenters. The lowest BCUT2D eigenvalue weighted by atomic mass is 9.94. The van der Waals surface area contributed by atoms with Gasteiger partial charge in [0.25, 0.3) is 11.8 Å². The fourth-order valence-corrected chi connectivity index (χ4v) is 3.24. The van der Waals surface area contributed by atoms with E-state index in [0.29, 0.717) is 37.2 Å². The van der Waals surface area contributed by atoms with Crippen LogP contribution in [0.2, 0.25) is 0 Å². The van der Waals surface area contributed by atoms with Crippen molar-refractivity contribution in [1.29, 1.82) is 0 Å². The first-order chi connectivity index (χ1) is 13.1. The van der Waals surface area contributed by atoms with Crippen molar-refractivity contribution in [3.8, 4) is 0 Å². The minimum Gasteiger partial charge on any atom is -0.355 e. The monoisotopic (exact) mass is 440 g/mol. The Balaban J connectivity index is 0.00000210. The lowest BCUT2D eigenvalue weighted by Gasteiger charge is -2.27. The van der Waals surface area contributed by atoms with Crippen molar-refractivity contribution in [2.24, 2.45) is 5.73 Å². The summed E-state index contributed by atoms with van der Waals surface area (Å²) in [5.41, 5.74) is 6.49. The van der Waals surface area contributed by atoms with Gasteiger partial charge in [-0.05, 0) is 43.5 Å². The second-order valence-electron chi connectivity index (χ2n) is 6.49. The molecule has 0 fully saturated rings. The largest absolute Gasteiger partial charge is 0.355 e. The van der Waals surface area contributed by atoms with Crippen molar-refractivity contribution in [1.82, 2.24) is 15.5 Å². The molecule has 1 heterocycles. The van der Waals surface area contributed by atoms with Gasteiger partial charge in [-0.1, -0.05) is 24.3 Å². The summed E-state index contributed by atoms with van der Waals surface area (Å²) in [5, 5.41) is 7.40. The van der Waals surface area contributed by atoms with Gasteiger partial charge in [0.1, 0.15) is 0 Å². The number of imide groups is 1. The van der Waals surface area contributed by atoms with Gasteiger partial charge < -0.3 is 16.4 Å². The summed E-state index contributed by atoms with van der Waals surface area (Å²) in [6, 6.07) is 11.0. The molecular weight excluding hydrogens is 415 g/mol. The molecule has 2 aromatic carbocycles. The van der Waals surface area contributed by atoms with Gasteiger partial charge in [0.15, 0.2) is 0 Å². The van der Waals surface area contributed by atoms with Crippen LogP contribution in [0.25, 0.3) is 10.8 Å². The molecule has 0 saturated heterocycles. The van der Waals surface area contributed by atoms with Gasteiger partial charge in [-0.25, -0.2) is 0 Å². The predicted molar refractivity (Wildman–Crippen MR) is 118 cm³/mol. The smallest absolute Gasteiger partial charge is 0.261 e. The minimum absolute atomic E-state index is 0. The number of nitrogens with two attached hydrogens (primary N) is 1. The van der Waals surface area contributed by atoms with Crippen molar-refractivity contribution in [3.05, 3.63) is 47.5 Å².